The molecule has 0 atom stereocenters. The summed E-state index contributed by atoms with van der Waals surface area (Å²) in [6.45, 7) is 6.36. The van der Waals surface area contributed by atoms with Gasteiger partial charge in [-0.05, 0) is 53.9 Å². The van der Waals surface area contributed by atoms with Crippen LogP contribution in [0.4, 0.5) is 10.5 Å². The highest BCUT2D eigenvalue weighted by Gasteiger charge is 2.35. The van der Waals surface area contributed by atoms with Crippen LogP contribution in [0, 0.1) is 17.0 Å². The SMILES string of the molecule is Cc1ccc(C(C)C)c(OCCN2C(=O)S/C(=C\c3cc([N+](=O)[O-])ccc3Cl)C2=O)c1. The Labute approximate surface area is 189 Å². The minimum absolute atomic E-state index is 0.0934. The summed E-state index contributed by atoms with van der Waals surface area (Å²) in [4.78, 5) is 36.8. The van der Waals surface area contributed by atoms with E-state index in [0.717, 1.165) is 33.5 Å². The lowest BCUT2D eigenvalue weighted by atomic mass is 10.0. The van der Waals surface area contributed by atoms with Crippen LogP contribution in [-0.2, 0) is 4.79 Å². The van der Waals surface area contributed by atoms with Crippen LogP contribution in [0.5, 0.6) is 5.75 Å². The normalized spacial score (nSPS) is 15.3. The number of aryl methyl sites for hydroxylation is 1. The van der Waals surface area contributed by atoms with Gasteiger partial charge in [-0.3, -0.25) is 24.6 Å². The molecule has 31 heavy (non-hydrogen) atoms. The number of nitrogens with zero attached hydrogens (tertiary/aromatic N) is 2. The number of ether oxygens (including phenoxy) is 1. The maximum Gasteiger partial charge on any atom is 0.293 e. The van der Waals surface area contributed by atoms with E-state index >= 15 is 0 Å². The number of non-ortho nitro benzene ring substituents is 1. The van der Waals surface area contributed by atoms with Gasteiger partial charge in [0.05, 0.1) is 16.4 Å². The first-order valence-corrected chi connectivity index (χ1v) is 10.8. The third-order valence-electron chi connectivity index (χ3n) is 4.71. The van der Waals surface area contributed by atoms with Gasteiger partial charge in [0.2, 0.25) is 0 Å². The van der Waals surface area contributed by atoms with Gasteiger partial charge in [0.25, 0.3) is 16.8 Å². The van der Waals surface area contributed by atoms with E-state index in [1.54, 1.807) is 0 Å². The van der Waals surface area contributed by atoms with Gasteiger partial charge < -0.3 is 4.74 Å². The van der Waals surface area contributed by atoms with E-state index in [1.165, 1.54) is 24.3 Å². The van der Waals surface area contributed by atoms with Gasteiger partial charge in [-0.15, -0.1) is 0 Å². The Bertz CT molecular complexity index is 1080. The van der Waals surface area contributed by atoms with Crippen molar-refractivity contribution in [2.75, 3.05) is 13.2 Å². The zero-order valence-corrected chi connectivity index (χ0v) is 18.8. The number of carbonyl (C=O) groups excluding carboxylic acids is 2. The molecule has 0 aliphatic carbocycles. The quantitative estimate of drug-likeness (QED) is 0.295. The van der Waals surface area contributed by atoms with E-state index in [-0.39, 0.29) is 34.7 Å². The number of amides is 2. The van der Waals surface area contributed by atoms with Crippen LogP contribution in [0.25, 0.3) is 6.08 Å². The molecule has 0 spiro atoms. The summed E-state index contributed by atoms with van der Waals surface area (Å²) in [5.41, 5.74) is 2.27. The Hall–Kier alpha value is -2.84. The number of rotatable bonds is 7. The number of halogens is 1. The molecule has 2 aromatic rings. The Morgan fingerprint density at radius 2 is 1.97 bits per heavy atom. The average molecular weight is 461 g/mol. The summed E-state index contributed by atoms with van der Waals surface area (Å²) in [5.74, 6) is 0.533. The fraction of sp³-hybridized carbons (Fsp3) is 0.273. The lowest BCUT2D eigenvalue weighted by Gasteiger charge is -2.17. The lowest BCUT2D eigenvalue weighted by molar-refractivity contribution is -0.384. The van der Waals surface area contributed by atoms with Crippen LogP contribution in [-0.4, -0.2) is 34.1 Å². The van der Waals surface area contributed by atoms with E-state index in [2.05, 4.69) is 13.8 Å². The summed E-state index contributed by atoms with van der Waals surface area (Å²) < 4.78 is 5.88. The molecule has 1 saturated heterocycles. The summed E-state index contributed by atoms with van der Waals surface area (Å²) in [5, 5.41) is 10.8. The summed E-state index contributed by atoms with van der Waals surface area (Å²) in [7, 11) is 0. The summed E-state index contributed by atoms with van der Waals surface area (Å²) in [6, 6.07) is 9.90. The monoisotopic (exact) mass is 460 g/mol. The fourth-order valence-electron chi connectivity index (χ4n) is 3.08. The highest BCUT2D eigenvalue weighted by molar-refractivity contribution is 8.18. The zero-order chi connectivity index (χ0) is 22.7. The second-order valence-corrected chi connectivity index (χ2v) is 8.74. The molecule has 2 aromatic carbocycles. The molecule has 1 heterocycles. The minimum atomic E-state index is -0.548. The molecule has 2 amide bonds. The van der Waals surface area contributed by atoms with Crippen LogP contribution in [0.3, 0.4) is 0 Å². The summed E-state index contributed by atoms with van der Waals surface area (Å²) in [6.07, 6.45) is 1.40. The molecule has 1 aliphatic heterocycles. The van der Waals surface area contributed by atoms with Gasteiger partial charge in [0.1, 0.15) is 12.4 Å². The number of nitro benzene ring substituents is 1. The first-order valence-electron chi connectivity index (χ1n) is 9.60. The van der Waals surface area contributed by atoms with Crippen LogP contribution < -0.4 is 4.74 Å². The second kappa shape index (κ2) is 9.53. The first-order chi connectivity index (χ1) is 14.7. The second-order valence-electron chi connectivity index (χ2n) is 7.34. The number of benzene rings is 2. The number of nitro groups is 1. The van der Waals surface area contributed by atoms with Gasteiger partial charge in [-0.2, -0.15) is 0 Å². The molecule has 1 fully saturated rings. The zero-order valence-electron chi connectivity index (χ0n) is 17.3. The van der Waals surface area contributed by atoms with Crippen molar-refractivity contribution in [2.45, 2.75) is 26.7 Å². The Kier molecular flexibility index (Phi) is 7.02. The average Bonchev–Trinajstić information content (AvgIpc) is 2.96. The van der Waals surface area contributed by atoms with Crippen LogP contribution in [0.2, 0.25) is 5.02 Å². The molecule has 7 nitrogen and oxygen atoms in total. The lowest BCUT2D eigenvalue weighted by Crippen LogP contribution is -2.32. The van der Waals surface area contributed by atoms with E-state index < -0.39 is 16.1 Å². The Morgan fingerprint density at radius 1 is 1.23 bits per heavy atom. The number of imide groups is 1. The van der Waals surface area contributed by atoms with E-state index in [4.69, 9.17) is 16.3 Å². The van der Waals surface area contributed by atoms with Gasteiger partial charge in [-0.25, -0.2) is 0 Å². The van der Waals surface area contributed by atoms with Crippen LogP contribution in [0.15, 0.2) is 41.3 Å². The third-order valence-corrected chi connectivity index (χ3v) is 5.97. The van der Waals surface area contributed by atoms with Crippen LogP contribution >= 0.6 is 23.4 Å². The fourth-order valence-corrected chi connectivity index (χ4v) is 4.11. The van der Waals surface area contributed by atoms with E-state index in [0.29, 0.717) is 5.56 Å². The minimum Gasteiger partial charge on any atom is -0.491 e. The van der Waals surface area contributed by atoms with Gasteiger partial charge in [0.15, 0.2) is 0 Å². The number of carbonyl (C=O) groups is 2. The summed E-state index contributed by atoms with van der Waals surface area (Å²) >= 11 is 6.87. The predicted molar refractivity (Wildman–Crippen MR) is 122 cm³/mol. The molecule has 3 rings (SSSR count). The highest BCUT2D eigenvalue weighted by Crippen LogP contribution is 2.34. The molecule has 0 bridgehead atoms. The molecule has 0 N–H and O–H groups in total. The molecule has 9 heteroatoms. The molecule has 162 valence electrons. The standard InChI is InChI=1S/C22H21ClN2O5S/c1-13(2)17-6-4-14(3)10-19(17)30-9-8-24-21(26)20(31-22(24)27)12-15-11-16(25(28)29)5-7-18(15)23/h4-7,10-13H,8-9H2,1-3H3/b20-12-. The molecular formula is C22H21ClN2O5S. The van der Waals surface area contributed by atoms with Crippen molar-refractivity contribution in [2.24, 2.45) is 0 Å². The van der Waals surface area contributed by atoms with Crippen molar-refractivity contribution in [3.05, 3.63) is 73.1 Å². The molecule has 1 aliphatic rings. The van der Waals surface area contributed by atoms with E-state index in [9.17, 15) is 19.7 Å². The highest BCUT2D eigenvalue weighted by atomic mass is 35.5. The van der Waals surface area contributed by atoms with Crippen molar-refractivity contribution in [3.8, 4) is 5.75 Å². The number of thioether (sulfide) groups is 1. The maximum absolute atomic E-state index is 12.7. The van der Waals surface area contributed by atoms with Crippen molar-refractivity contribution >= 4 is 46.3 Å². The third kappa shape index (κ3) is 5.26. The molecular weight excluding hydrogens is 440 g/mol. The first kappa shape index (κ1) is 22.8. The smallest absolute Gasteiger partial charge is 0.293 e. The number of hydrogen-bond acceptors (Lipinski definition) is 6. The van der Waals surface area contributed by atoms with Crippen molar-refractivity contribution < 1.29 is 19.2 Å². The largest absolute Gasteiger partial charge is 0.491 e. The van der Waals surface area contributed by atoms with Crippen molar-refractivity contribution in [3.63, 3.8) is 0 Å². The van der Waals surface area contributed by atoms with E-state index in [1.807, 2.05) is 25.1 Å². The van der Waals surface area contributed by atoms with Crippen molar-refractivity contribution in [1.29, 1.82) is 0 Å². The molecule has 0 radical (unpaired) electrons. The maximum atomic E-state index is 12.7. The Balaban J connectivity index is 1.72. The van der Waals surface area contributed by atoms with Gasteiger partial charge in [0, 0.05) is 22.7 Å². The number of hydrogen-bond donors (Lipinski definition) is 0. The predicted octanol–water partition coefficient (Wildman–Crippen LogP) is 5.80. The molecule has 0 saturated carbocycles. The topological polar surface area (TPSA) is 89.8 Å². The Morgan fingerprint density at radius 3 is 2.65 bits per heavy atom. The van der Waals surface area contributed by atoms with Crippen molar-refractivity contribution in [1.82, 2.24) is 4.90 Å². The van der Waals surface area contributed by atoms with Crippen LogP contribution in [0.1, 0.15) is 36.5 Å². The molecule has 0 aromatic heterocycles. The molecule has 0 unspecified atom stereocenters. The van der Waals surface area contributed by atoms with Gasteiger partial charge >= 0.3 is 0 Å². The van der Waals surface area contributed by atoms with Gasteiger partial charge in [-0.1, -0.05) is 37.6 Å².